The van der Waals surface area contributed by atoms with E-state index in [4.69, 9.17) is 9.84 Å². The summed E-state index contributed by atoms with van der Waals surface area (Å²) in [5.41, 5.74) is 1.09. The molecule has 0 bridgehead atoms. The number of nitrogens with zero attached hydrogens (tertiary/aromatic N) is 2. The van der Waals surface area contributed by atoms with E-state index in [1.807, 2.05) is 0 Å². The van der Waals surface area contributed by atoms with Gasteiger partial charge in [0.1, 0.15) is 0 Å². The number of nitrogens with one attached hydrogen (secondary N) is 1. The lowest BCUT2D eigenvalue weighted by molar-refractivity contribution is 0.0937. The van der Waals surface area contributed by atoms with Gasteiger partial charge in [-0.2, -0.15) is 5.10 Å². The third-order valence-corrected chi connectivity index (χ3v) is 3.58. The van der Waals surface area contributed by atoms with Crippen molar-refractivity contribution in [3.8, 4) is 0 Å². The molecule has 19 heavy (non-hydrogen) atoms. The van der Waals surface area contributed by atoms with E-state index in [1.165, 1.54) is 32.1 Å². The van der Waals surface area contributed by atoms with Gasteiger partial charge < -0.3 is 15.2 Å². The Bertz CT molecular complexity index is 348. The van der Waals surface area contributed by atoms with Gasteiger partial charge in [-0.05, 0) is 18.9 Å². The van der Waals surface area contributed by atoms with E-state index >= 15 is 0 Å². The molecule has 5 heteroatoms. The van der Waals surface area contributed by atoms with Crippen LogP contribution in [0.5, 0.6) is 0 Å². The van der Waals surface area contributed by atoms with E-state index < -0.39 is 0 Å². The van der Waals surface area contributed by atoms with Gasteiger partial charge in [0.15, 0.2) is 0 Å². The summed E-state index contributed by atoms with van der Waals surface area (Å²) >= 11 is 0. The average molecular weight is 267 g/mol. The highest BCUT2D eigenvalue weighted by Gasteiger charge is 2.15. The Morgan fingerprint density at radius 3 is 2.95 bits per heavy atom. The number of hydrogen-bond donors (Lipinski definition) is 2. The quantitative estimate of drug-likeness (QED) is 0.701. The van der Waals surface area contributed by atoms with Crippen LogP contribution in [0.2, 0.25) is 0 Å². The number of aliphatic hydroxyl groups is 1. The maximum atomic E-state index is 8.57. The Balaban J connectivity index is 1.66. The van der Waals surface area contributed by atoms with Gasteiger partial charge in [-0.25, -0.2) is 0 Å². The smallest absolute Gasteiger partial charge is 0.0762 e. The Morgan fingerprint density at radius 1 is 1.32 bits per heavy atom. The van der Waals surface area contributed by atoms with E-state index in [2.05, 4.69) is 27.4 Å². The minimum Gasteiger partial charge on any atom is -0.394 e. The lowest BCUT2D eigenvalue weighted by Crippen LogP contribution is -2.20. The van der Waals surface area contributed by atoms with E-state index in [-0.39, 0.29) is 6.61 Å². The van der Waals surface area contributed by atoms with Crippen LogP contribution in [0.1, 0.15) is 43.8 Å². The molecule has 2 rings (SSSR count). The minimum absolute atomic E-state index is 0.0891. The molecule has 0 aliphatic heterocycles. The summed E-state index contributed by atoms with van der Waals surface area (Å²) in [5, 5.41) is 16.5. The summed E-state index contributed by atoms with van der Waals surface area (Å²) in [7, 11) is 0. The molecule has 2 N–H and O–H groups in total. The first-order valence-corrected chi connectivity index (χ1v) is 7.33. The number of rotatable bonds is 8. The van der Waals surface area contributed by atoms with Crippen LogP contribution in [0.4, 0.5) is 0 Å². The standard InChI is InChI=1S/C14H25N3O2/c18-9-11-19-10-7-15-12-13-6-8-17(16-13)14-4-2-1-3-5-14/h6,8,14-15,18H,1-5,7,9-12H2. The second-order valence-corrected chi connectivity index (χ2v) is 5.09. The highest BCUT2D eigenvalue weighted by Crippen LogP contribution is 2.27. The molecule has 108 valence electrons. The van der Waals surface area contributed by atoms with Crippen molar-refractivity contribution in [2.45, 2.75) is 44.7 Å². The minimum atomic E-state index is 0.0891. The SMILES string of the molecule is OCCOCCNCc1ccn(C2CCCCC2)n1. The zero-order chi connectivity index (χ0) is 13.3. The fraction of sp³-hybridized carbons (Fsp3) is 0.786. The van der Waals surface area contributed by atoms with E-state index in [0.29, 0.717) is 19.3 Å². The largest absolute Gasteiger partial charge is 0.394 e. The van der Waals surface area contributed by atoms with Crippen LogP contribution in [-0.2, 0) is 11.3 Å². The van der Waals surface area contributed by atoms with E-state index in [9.17, 15) is 0 Å². The Labute approximate surface area is 115 Å². The number of hydrogen-bond acceptors (Lipinski definition) is 4. The van der Waals surface area contributed by atoms with Crippen LogP contribution in [-0.4, -0.2) is 41.3 Å². The van der Waals surface area contributed by atoms with Crippen LogP contribution in [0.25, 0.3) is 0 Å². The van der Waals surface area contributed by atoms with Crippen LogP contribution in [0, 0.1) is 0 Å². The Kier molecular flexibility index (Phi) is 6.33. The topological polar surface area (TPSA) is 59.3 Å². The van der Waals surface area contributed by atoms with Gasteiger partial charge in [-0.3, -0.25) is 4.68 Å². The highest BCUT2D eigenvalue weighted by atomic mass is 16.5. The zero-order valence-corrected chi connectivity index (χ0v) is 11.6. The van der Waals surface area contributed by atoms with Gasteiger partial charge in [-0.15, -0.1) is 0 Å². The lowest BCUT2D eigenvalue weighted by Gasteiger charge is -2.21. The molecule has 0 atom stereocenters. The van der Waals surface area contributed by atoms with Crippen molar-refractivity contribution >= 4 is 0 Å². The molecule has 1 aromatic rings. The predicted molar refractivity (Wildman–Crippen MR) is 74.0 cm³/mol. The Hall–Kier alpha value is -0.910. The molecule has 1 saturated carbocycles. The average Bonchev–Trinajstić information content (AvgIpc) is 2.92. The Morgan fingerprint density at radius 2 is 2.16 bits per heavy atom. The molecule has 1 fully saturated rings. The van der Waals surface area contributed by atoms with Crippen molar-refractivity contribution in [3.05, 3.63) is 18.0 Å². The normalized spacial score (nSPS) is 16.9. The summed E-state index contributed by atoms with van der Waals surface area (Å²) < 4.78 is 7.32. The number of aromatic nitrogens is 2. The molecule has 1 aromatic heterocycles. The molecular formula is C14H25N3O2. The summed E-state index contributed by atoms with van der Waals surface area (Å²) in [6.07, 6.45) is 8.68. The second kappa shape index (κ2) is 8.30. The van der Waals surface area contributed by atoms with E-state index in [0.717, 1.165) is 18.8 Å². The number of aliphatic hydroxyl groups excluding tert-OH is 1. The van der Waals surface area contributed by atoms with Crippen molar-refractivity contribution in [3.63, 3.8) is 0 Å². The van der Waals surface area contributed by atoms with Gasteiger partial charge in [0.2, 0.25) is 0 Å². The van der Waals surface area contributed by atoms with Crippen molar-refractivity contribution < 1.29 is 9.84 Å². The maximum Gasteiger partial charge on any atom is 0.0762 e. The fourth-order valence-electron chi connectivity index (χ4n) is 2.55. The van der Waals surface area contributed by atoms with Crippen molar-refractivity contribution in [1.29, 1.82) is 0 Å². The monoisotopic (exact) mass is 267 g/mol. The van der Waals surface area contributed by atoms with Gasteiger partial charge in [-0.1, -0.05) is 19.3 Å². The van der Waals surface area contributed by atoms with Crippen LogP contribution in [0.3, 0.4) is 0 Å². The van der Waals surface area contributed by atoms with E-state index in [1.54, 1.807) is 0 Å². The fourth-order valence-corrected chi connectivity index (χ4v) is 2.55. The lowest BCUT2D eigenvalue weighted by atomic mass is 9.96. The van der Waals surface area contributed by atoms with Gasteiger partial charge >= 0.3 is 0 Å². The molecule has 0 amide bonds. The molecule has 0 aromatic carbocycles. The molecule has 5 nitrogen and oxygen atoms in total. The first-order valence-electron chi connectivity index (χ1n) is 7.33. The number of ether oxygens (including phenoxy) is 1. The predicted octanol–water partition coefficient (Wildman–Crippen LogP) is 1.49. The van der Waals surface area contributed by atoms with Crippen LogP contribution < -0.4 is 5.32 Å². The van der Waals surface area contributed by atoms with Gasteiger partial charge in [0, 0.05) is 19.3 Å². The molecule has 1 aliphatic rings. The van der Waals surface area contributed by atoms with Crippen molar-refractivity contribution in [1.82, 2.24) is 15.1 Å². The molecule has 1 heterocycles. The molecule has 1 aliphatic carbocycles. The first kappa shape index (κ1) is 14.5. The molecule has 0 saturated heterocycles. The summed E-state index contributed by atoms with van der Waals surface area (Å²) in [6, 6.07) is 2.70. The van der Waals surface area contributed by atoms with Gasteiger partial charge in [0.25, 0.3) is 0 Å². The first-order chi connectivity index (χ1) is 9.40. The third-order valence-electron chi connectivity index (χ3n) is 3.58. The summed E-state index contributed by atoms with van der Waals surface area (Å²) in [5.74, 6) is 0. The highest BCUT2D eigenvalue weighted by molar-refractivity contribution is 4.99. The maximum absolute atomic E-state index is 8.57. The van der Waals surface area contributed by atoms with Crippen molar-refractivity contribution in [2.24, 2.45) is 0 Å². The molecule has 0 spiro atoms. The third kappa shape index (κ3) is 4.93. The van der Waals surface area contributed by atoms with Gasteiger partial charge in [0.05, 0.1) is 31.6 Å². The second-order valence-electron chi connectivity index (χ2n) is 5.09. The van der Waals surface area contributed by atoms with Crippen LogP contribution >= 0.6 is 0 Å². The summed E-state index contributed by atoms with van der Waals surface area (Å²) in [6.45, 7) is 2.70. The molecular weight excluding hydrogens is 242 g/mol. The molecule has 0 unspecified atom stereocenters. The summed E-state index contributed by atoms with van der Waals surface area (Å²) in [4.78, 5) is 0. The van der Waals surface area contributed by atoms with Crippen LogP contribution in [0.15, 0.2) is 12.3 Å². The van der Waals surface area contributed by atoms with Crippen molar-refractivity contribution in [2.75, 3.05) is 26.4 Å². The zero-order valence-electron chi connectivity index (χ0n) is 11.6. The molecule has 0 radical (unpaired) electrons.